The van der Waals surface area contributed by atoms with E-state index in [9.17, 15) is 9.90 Å². The van der Waals surface area contributed by atoms with Crippen molar-refractivity contribution in [1.29, 1.82) is 0 Å². The molecule has 5 heteroatoms. The van der Waals surface area contributed by atoms with Crippen molar-refractivity contribution >= 4 is 5.91 Å². The Bertz CT molecular complexity index is 371. The SMILES string of the molecule is Cc1ccc(C(=O)NCC2(O)CC2)nn1. The summed E-state index contributed by atoms with van der Waals surface area (Å²) in [4.78, 5) is 11.5. The van der Waals surface area contributed by atoms with Crippen molar-refractivity contribution in [3.63, 3.8) is 0 Å². The summed E-state index contributed by atoms with van der Waals surface area (Å²) in [5, 5.41) is 19.7. The van der Waals surface area contributed by atoms with Gasteiger partial charge in [0.2, 0.25) is 0 Å². The number of carbonyl (C=O) groups excluding carboxylic acids is 1. The van der Waals surface area contributed by atoms with Crippen LogP contribution in [0.5, 0.6) is 0 Å². The van der Waals surface area contributed by atoms with E-state index in [0.717, 1.165) is 18.5 Å². The minimum atomic E-state index is -0.673. The maximum absolute atomic E-state index is 11.5. The molecule has 0 atom stereocenters. The Morgan fingerprint density at radius 2 is 2.27 bits per heavy atom. The number of hydrogen-bond acceptors (Lipinski definition) is 4. The van der Waals surface area contributed by atoms with E-state index in [2.05, 4.69) is 15.5 Å². The average Bonchev–Trinajstić information content (AvgIpc) is 2.95. The number of hydrogen-bond donors (Lipinski definition) is 2. The summed E-state index contributed by atoms with van der Waals surface area (Å²) < 4.78 is 0. The molecule has 1 aliphatic carbocycles. The lowest BCUT2D eigenvalue weighted by molar-refractivity contribution is 0.0890. The first-order valence-corrected chi connectivity index (χ1v) is 4.90. The monoisotopic (exact) mass is 207 g/mol. The van der Waals surface area contributed by atoms with Gasteiger partial charge in [0.1, 0.15) is 0 Å². The van der Waals surface area contributed by atoms with Crippen molar-refractivity contribution in [2.24, 2.45) is 0 Å². The summed E-state index contributed by atoms with van der Waals surface area (Å²) in [6.07, 6.45) is 1.51. The van der Waals surface area contributed by atoms with Gasteiger partial charge in [-0.15, -0.1) is 5.10 Å². The zero-order valence-corrected chi connectivity index (χ0v) is 8.53. The summed E-state index contributed by atoms with van der Waals surface area (Å²) in [6.45, 7) is 2.10. The van der Waals surface area contributed by atoms with Crippen LogP contribution in [0.2, 0.25) is 0 Å². The molecular formula is C10H13N3O2. The van der Waals surface area contributed by atoms with Gasteiger partial charge in [-0.25, -0.2) is 0 Å². The van der Waals surface area contributed by atoms with Gasteiger partial charge in [0.05, 0.1) is 11.3 Å². The number of nitrogens with zero attached hydrogens (tertiary/aromatic N) is 2. The van der Waals surface area contributed by atoms with Gasteiger partial charge in [-0.2, -0.15) is 5.10 Å². The number of aryl methyl sites for hydroxylation is 1. The van der Waals surface area contributed by atoms with Crippen LogP contribution in [0.15, 0.2) is 12.1 Å². The highest BCUT2D eigenvalue weighted by molar-refractivity contribution is 5.92. The molecule has 0 radical (unpaired) electrons. The molecule has 2 N–H and O–H groups in total. The van der Waals surface area contributed by atoms with Gasteiger partial charge in [0.15, 0.2) is 5.69 Å². The van der Waals surface area contributed by atoms with E-state index in [1.165, 1.54) is 0 Å². The first-order chi connectivity index (χ1) is 7.09. The first-order valence-electron chi connectivity index (χ1n) is 4.90. The average molecular weight is 207 g/mol. The summed E-state index contributed by atoms with van der Waals surface area (Å²) in [6, 6.07) is 3.35. The van der Waals surface area contributed by atoms with Crippen molar-refractivity contribution < 1.29 is 9.90 Å². The number of amides is 1. The normalized spacial score (nSPS) is 17.2. The third kappa shape index (κ3) is 2.50. The predicted octanol–water partition coefficient (Wildman–Crippen LogP) is 0.0397. The standard InChI is InChI=1S/C10H13N3O2/c1-7-2-3-8(13-12-7)9(14)11-6-10(15)4-5-10/h2-3,15H,4-6H2,1H3,(H,11,14). The Labute approximate surface area is 87.5 Å². The van der Waals surface area contributed by atoms with Gasteiger partial charge in [0, 0.05) is 6.54 Å². The zero-order valence-electron chi connectivity index (χ0n) is 8.53. The van der Waals surface area contributed by atoms with Crippen LogP contribution in [0, 0.1) is 6.92 Å². The van der Waals surface area contributed by atoms with Gasteiger partial charge in [0.25, 0.3) is 5.91 Å². The van der Waals surface area contributed by atoms with Crippen molar-refractivity contribution in [2.45, 2.75) is 25.4 Å². The largest absolute Gasteiger partial charge is 0.388 e. The van der Waals surface area contributed by atoms with E-state index in [-0.39, 0.29) is 11.6 Å². The molecule has 2 rings (SSSR count). The van der Waals surface area contributed by atoms with Crippen LogP contribution in [0.25, 0.3) is 0 Å². The Kier molecular flexibility index (Phi) is 2.40. The molecule has 1 fully saturated rings. The molecule has 0 bridgehead atoms. The summed E-state index contributed by atoms with van der Waals surface area (Å²) in [5.74, 6) is -0.289. The highest BCUT2D eigenvalue weighted by atomic mass is 16.3. The number of carbonyl (C=O) groups is 1. The summed E-state index contributed by atoms with van der Waals surface area (Å²) >= 11 is 0. The fourth-order valence-electron chi connectivity index (χ4n) is 1.18. The number of aromatic nitrogens is 2. The molecule has 1 aromatic heterocycles. The number of nitrogens with one attached hydrogen (secondary N) is 1. The molecule has 1 amide bonds. The zero-order chi connectivity index (χ0) is 10.9. The lowest BCUT2D eigenvalue weighted by Crippen LogP contribution is -2.33. The third-order valence-electron chi connectivity index (χ3n) is 2.44. The van der Waals surface area contributed by atoms with Gasteiger partial charge in [-0.05, 0) is 31.9 Å². The van der Waals surface area contributed by atoms with Gasteiger partial charge in [-0.3, -0.25) is 4.79 Å². The molecule has 1 aromatic rings. The number of aliphatic hydroxyl groups is 1. The fraction of sp³-hybridized carbons (Fsp3) is 0.500. The molecular weight excluding hydrogens is 194 g/mol. The Hall–Kier alpha value is -1.49. The van der Waals surface area contributed by atoms with Crippen LogP contribution < -0.4 is 5.32 Å². The second-order valence-corrected chi connectivity index (χ2v) is 3.97. The van der Waals surface area contributed by atoms with Gasteiger partial charge in [-0.1, -0.05) is 0 Å². The highest BCUT2D eigenvalue weighted by Crippen LogP contribution is 2.33. The molecule has 80 valence electrons. The highest BCUT2D eigenvalue weighted by Gasteiger charge is 2.40. The maximum Gasteiger partial charge on any atom is 0.271 e. The fourth-order valence-corrected chi connectivity index (χ4v) is 1.18. The smallest absolute Gasteiger partial charge is 0.271 e. The van der Waals surface area contributed by atoms with Crippen molar-refractivity contribution in [3.05, 3.63) is 23.5 Å². The second-order valence-electron chi connectivity index (χ2n) is 3.97. The van der Waals surface area contributed by atoms with Crippen LogP contribution in [-0.2, 0) is 0 Å². The van der Waals surface area contributed by atoms with E-state index in [1.54, 1.807) is 12.1 Å². The topological polar surface area (TPSA) is 75.1 Å². The molecule has 0 spiro atoms. The minimum Gasteiger partial charge on any atom is -0.388 e. The molecule has 5 nitrogen and oxygen atoms in total. The van der Waals surface area contributed by atoms with Crippen LogP contribution in [0.1, 0.15) is 29.0 Å². The minimum absolute atomic E-state index is 0.282. The van der Waals surface area contributed by atoms with Crippen molar-refractivity contribution in [3.8, 4) is 0 Å². The quantitative estimate of drug-likeness (QED) is 0.733. The van der Waals surface area contributed by atoms with E-state index in [1.807, 2.05) is 6.92 Å². The van der Waals surface area contributed by atoms with Gasteiger partial charge < -0.3 is 10.4 Å². The van der Waals surface area contributed by atoms with Crippen LogP contribution in [-0.4, -0.2) is 33.4 Å². The first kappa shape index (κ1) is 10.0. The molecule has 0 unspecified atom stereocenters. The molecule has 0 aromatic carbocycles. The Morgan fingerprint density at radius 1 is 1.53 bits per heavy atom. The predicted molar refractivity (Wildman–Crippen MR) is 53.3 cm³/mol. The van der Waals surface area contributed by atoms with Crippen LogP contribution >= 0.6 is 0 Å². The van der Waals surface area contributed by atoms with E-state index >= 15 is 0 Å². The van der Waals surface area contributed by atoms with Crippen molar-refractivity contribution in [1.82, 2.24) is 15.5 Å². The summed E-state index contributed by atoms with van der Waals surface area (Å²) in [5.41, 5.74) is 0.380. The van der Waals surface area contributed by atoms with E-state index in [4.69, 9.17) is 0 Å². The van der Waals surface area contributed by atoms with Crippen LogP contribution in [0.4, 0.5) is 0 Å². The lowest BCUT2D eigenvalue weighted by Gasteiger charge is -2.08. The van der Waals surface area contributed by atoms with E-state index < -0.39 is 5.60 Å². The Balaban J connectivity index is 1.92. The molecule has 0 saturated heterocycles. The molecule has 15 heavy (non-hydrogen) atoms. The number of rotatable bonds is 3. The van der Waals surface area contributed by atoms with Gasteiger partial charge >= 0.3 is 0 Å². The molecule has 0 aliphatic heterocycles. The molecule has 1 heterocycles. The molecule has 1 saturated carbocycles. The van der Waals surface area contributed by atoms with Crippen LogP contribution in [0.3, 0.4) is 0 Å². The molecule has 1 aliphatic rings. The van der Waals surface area contributed by atoms with Crippen molar-refractivity contribution in [2.75, 3.05) is 6.54 Å². The second kappa shape index (κ2) is 3.58. The third-order valence-corrected chi connectivity index (χ3v) is 2.44. The van der Waals surface area contributed by atoms with E-state index in [0.29, 0.717) is 6.54 Å². The lowest BCUT2D eigenvalue weighted by atomic mass is 10.3. The summed E-state index contributed by atoms with van der Waals surface area (Å²) in [7, 11) is 0. The Morgan fingerprint density at radius 3 is 2.80 bits per heavy atom. The maximum atomic E-state index is 11.5.